The molecule has 1 rings (SSSR count). The number of hydrogen-bond donors (Lipinski definition) is 0. The van der Waals surface area contributed by atoms with Gasteiger partial charge in [-0.1, -0.05) is 12.2 Å². The number of allylic oxidation sites excluding steroid dienone is 4. The molecule has 0 aliphatic heterocycles. The van der Waals surface area contributed by atoms with Crippen LogP contribution in [0.5, 0.6) is 0 Å². The van der Waals surface area contributed by atoms with E-state index in [1.807, 2.05) is 44.5 Å². The second kappa shape index (κ2) is 5.22. The van der Waals surface area contributed by atoms with Gasteiger partial charge in [0.05, 0.1) is 11.9 Å². The molecule has 0 radical (unpaired) electrons. The van der Waals surface area contributed by atoms with Gasteiger partial charge in [-0.2, -0.15) is 0 Å². The van der Waals surface area contributed by atoms with Crippen molar-refractivity contribution < 1.29 is 0 Å². The molecular weight excluding hydrogens is 172 g/mol. The summed E-state index contributed by atoms with van der Waals surface area (Å²) in [6, 6.07) is 3.98. The fraction of sp³-hybridized carbons (Fsp3) is 0.250. The highest BCUT2D eigenvalue weighted by Gasteiger charge is 2.00. The summed E-state index contributed by atoms with van der Waals surface area (Å²) in [6.45, 7) is 4.08. The van der Waals surface area contributed by atoms with Crippen LogP contribution in [0.15, 0.2) is 48.5 Å². The maximum atomic E-state index is 4.08. The summed E-state index contributed by atoms with van der Waals surface area (Å²) in [5.74, 6) is 0. The van der Waals surface area contributed by atoms with Crippen LogP contribution in [0, 0.1) is 0 Å². The number of pyridine rings is 1. The van der Waals surface area contributed by atoms with Crippen LogP contribution in [0.4, 0.5) is 5.69 Å². The van der Waals surface area contributed by atoms with Crippen molar-refractivity contribution in [3.05, 3.63) is 48.5 Å². The molecule has 0 saturated heterocycles. The summed E-state index contributed by atoms with van der Waals surface area (Å²) in [5, 5.41) is 0. The van der Waals surface area contributed by atoms with Crippen molar-refractivity contribution in [3.63, 3.8) is 0 Å². The first-order chi connectivity index (χ1) is 6.75. The van der Waals surface area contributed by atoms with Crippen molar-refractivity contribution in [2.75, 3.05) is 11.9 Å². The zero-order valence-corrected chi connectivity index (χ0v) is 8.94. The van der Waals surface area contributed by atoms with Crippen molar-refractivity contribution >= 4 is 5.69 Å². The Balaban J connectivity index is 2.80. The third-order valence-corrected chi connectivity index (χ3v) is 2.09. The van der Waals surface area contributed by atoms with Crippen LogP contribution in [0.2, 0.25) is 0 Å². The number of aromatic nitrogens is 1. The minimum absolute atomic E-state index is 1.10. The molecule has 0 spiro atoms. The zero-order valence-electron chi connectivity index (χ0n) is 8.94. The van der Waals surface area contributed by atoms with Gasteiger partial charge in [-0.05, 0) is 32.1 Å². The van der Waals surface area contributed by atoms with E-state index in [0.717, 1.165) is 5.69 Å². The molecule has 1 aromatic rings. The highest BCUT2D eigenvalue weighted by atomic mass is 15.1. The third-order valence-electron chi connectivity index (χ3n) is 2.09. The Hall–Kier alpha value is -1.57. The average Bonchev–Trinajstić information content (AvgIpc) is 2.26. The predicted molar refractivity (Wildman–Crippen MR) is 61.2 cm³/mol. The van der Waals surface area contributed by atoms with Crippen LogP contribution in [0.3, 0.4) is 0 Å². The molecule has 0 aromatic carbocycles. The summed E-state index contributed by atoms with van der Waals surface area (Å²) < 4.78 is 0. The first kappa shape index (κ1) is 10.5. The number of rotatable bonds is 3. The summed E-state index contributed by atoms with van der Waals surface area (Å²) in [4.78, 5) is 6.19. The summed E-state index contributed by atoms with van der Waals surface area (Å²) >= 11 is 0. The summed E-state index contributed by atoms with van der Waals surface area (Å²) in [5.41, 5.74) is 2.29. The lowest BCUT2D eigenvalue weighted by atomic mass is 10.3. The van der Waals surface area contributed by atoms with Crippen molar-refractivity contribution in [2.45, 2.75) is 13.8 Å². The maximum absolute atomic E-state index is 4.08. The molecule has 0 aliphatic carbocycles. The van der Waals surface area contributed by atoms with Crippen molar-refractivity contribution in [3.8, 4) is 0 Å². The molecule has 0 amide bonds. The van der Waals surface area contributed by atoms with Gasteiger partial charge in [-0.3, -0.25) is 4.98 Å². The third kappa shape index (κ3) is 2.73. The molecule has 0 N–H and O–H groups in total. The van der Waals surface area contributed by atoms with Crippen molar-refractivity contribution in [2.24, 2.45) is 0 Å². The number of hydrogen-bond acceptors (Lipinski definition) is 2. The molecule has 1 aromatic heterocycles. The van der Waals surface area contributed by atoms with Crippen LogP contribution in [-0.2, 0) is 0 Å². The van der Waals surface area contributed by atoms with E-state index in [1.54, 1.807) is 6.20 Å². The lowest BCUT2D eigenvalue weighted by molar-refractivity contribution is 1.08. The molecule has 0 fully saturated rings. The second-order valence-corrected chi connectivity index (χ2v) is 3.10. The fourth-order valence-corrected chi connectivity index (χ4v) is 1.10. The van der Waals surface area contributed by atoms with Gasteiger partial charge in [-0.15, -0.1) is 0 Å². The Morgan fingerprint density at radius 3 is 2.86 bits per heavy atom. The quantitative estimate of drug-likeness (QED) is 0.678. The predicted octanol–water partition coefficient (Wildman–Crippen LogP) is 3.00. The maximum Gasteiger partial charge on any atom is 0.0592 e. The Morgan fingerprint density at radius 2 is 2.29 bits per heavy atom. The van der Waals surface area contributed by atoms with E-state index in [2.05, 4.69) is 22.9 Å². The first-order valence-corrected chi connectivity index (χ1v) is 4.69. The molecule has 0 atom stereocenters. The molecule has 74 valence electrons. The van der Waals surface area contributed by atoms with Gasteiger partial charge in [0.1, 0.15) is 0 Å². The normalized spacial score (nSPS) is 12.1. The molecule has 0 unspecified atom stereocenters. The molecule has 1 heterocycles. The lowest BCUT2D eigenvalue weighted by Gasteiger charge is -2.18. The van der Waals surface area contributed by atoms with E-state index in [0.29, 0.717) is 0 Å². The molecule has 2 heteroatoms. The average molecular weight is 188 g/mol. The molecule has 0 saturated carbocycles. The topological polar surface area (TPSA) is 16.1 Å². The number of anilines is 1. The van der Waals surface area contributed by atoms with Gasteiger partial charge in [0.15, 0.2) is 0 Å². The van der Waals surface area contributed by atoms with Crippen LogP contribution < -0.4 is 4.90 Å². The highest BCUT2D eigenvalue weighted by Crippen LogP contribution is 2.14. The second-order valence-electron chi connectivity index (χ2n) is 3.10. The van der Waals surface area contributed by atoms with Gasteiger partial charge in [0.25, 0.3) is 0 Å². The highest BCUT2D eigenvalue weighted by molar-refractivity contribution is 5.48. The van der Waals surface area contributed by atoms with Gasteiger partial charge >= 0.3 is 0 Å². The van der Waals surface area contributed by atoms with Gasteiger partial charge in [-0.25, -0.2) is 0 Å². The summed E-state index contributed by atoms with van der Waals surface area (Å²) in [6.07, 6.45) is 9.76. The molecule has 14 heavy (non-hydrogen) atoms. The van der Waals surface area contributed by atoms with E-state index < -0.39 is 0 Å². The van der Waals surface area contributed by atoms with Gasteiger partial charge in [0, 0.05) is 18.9 Å². The van der Waals surface area contributed by atoms with E-state index in [-0.39, 0.29) is 0 Å². The fourth-order valence-electron chi connectivity index (χ4n) is 1.10. The van der Waals surface area contributed by atoms with E-state index >= 15 is 0 Å². The van der Waals surface area contributed by atoms with Crippen LogP contribution in [0.25, 0.3) is 0 Å². The molecule has 0 aliphatic rings. The molecule has 0 bridgehead atoms. The first-order valence-electron chi connectivity index (χ1n) is 4.69. The van der Waals surface area contributed by atoms with Crippen LogP contribution >= 0.6 is 0 Å². The Labute approximate surface area is 85.6 Å². The minimum Gasteiger partial charge on any atom is -0.347 e. The Morgan fingerprint density at radius 1 is 1.50 bits per heavy atom. The van der Waals surface area contributed by atoms with Gasteiger partial charge < -0.3 is 4.90 Å². The molecular formula is C12H16N2. The standard InChI is InChI=1S/C12H16N2/c1-4-5-7-11(2)14(3)12-8-6-9-13-10-12/h4-10H,1-3H3/b5-4-,11-7+. The zero-order chi connectivity index (χ0) is 10.4. The van der Waals surface area contributed by atoms with Crippen LogP contribution in [0.1, 0.15) is 13.8 Å². The van der Waals surface area contributed by atoms with E-state index in [4.69, 9.17) is 0 Å². The van der Waals surface area contributed by atoms with E-state index in [1.165, 1.54) is 5.70 Å². The Kier molecular flexibility index (Phi) is 3.92. The van der Waals surface area contributed by atoms with Crippen LogP contribution in [-0.4, -0.2) is 12.0 Å². The minimum atomic E-state index is 1.10. The number of nitrogens with zero attached hydrogens (tertiary/aromatic N) is 2. The van der Waals surface area contributed by atoms with Crippen molar-refractivity contribution in [1.82, 2.24) is 4.98 Å². The largest absolute Gasteiger partial charge is 0.347 e. The monoisotopic (exact) mass is 188 g/mol. The molecule has 2 nitrogen and oxygen atoms in total. The summed E-state index contributed by atoms with van der Waals surface area (Å²) in [7, 11) is 2.03. The SMILES string of the molecule is C/C=C\C=C(/C)N(C)c1cccnc1. The van der Waals surface area contributed by atoms with E-state index in [9.17, 15) is 0 Å². The van der Waals surface area contributed by atoms with Gasteiger partial charge in [0.2, 0.25) is 0 Å². The Bertz CT molecular complexity index is 325. The smallest absolute Gasteiger partial charge is 0.0592 e. The lowest BCUT2D eigenvalue weighted by Crippen LogP contribution is -2.13. The van der Waals surface area contributed by atoms with Crippen molar-refractivity contribution in [1.29, 1.82) is 0 Å².